The van der Waals surface area contributed by atoms with E-state index in [9.17, 15) is 9.90 Å². The standard InChI is InChI=1S/C15H13N3O3S3/c19-12(20)4-1-5-18-14(21)11(24-15(18)22)7-9-8-16-17-13(9)10-3-2-6-23-10/h2-3,6-8,21H,1,4-5H2,(H,19,20). The van der Waals surface area contributed by atoms with Crippen LogP contribution in [-0.2, 0) is 11.3 Å². The van der Waals surface area contributed by atoms with Crippen molar-refractivity contribution in [1.29, 1.82) is 0 Å². The van der Waals surface area contributed by atoms with Gasteiger partial charge in [-0.15, -0.1) is 27.8 Å². The van der Waals surface area contributed by atoms with Crippen LogP contribution in [0.3, 0.4) is 0 Å². The minimum atomic E-state index is -0.863. The van der Waals surface area contributed by atoms with E-state index in [2.05, 4.69) is 10.2 Å². The first-order valence-corrected chi connectivity index (χ1v) is 9.18. The van der Waals surface area contributed by atoms with Gasteiger partial charge < -0.3 is 10.2 Å². The zero-order chi connectivity index (χ0) is 17.1. The summed E-state index contributed by atoms with van der Waals surface area (Å²) in [7, 11) is 0. The molecule has 1 aliphatic rings. The van der Waals surface area contributed by atoms with Gasteiger partial charge in [-0.3, -0.25) is 9.36 Å². The van der Waals surface area contributed by atoms with Crippen LogP contribution in [0, 0.1) is 3.95 Å². The van der Waals surface area contributed by atoms with Crippen LogP contribution in [0.25, 0.3) is 6.08 Å². The maximum Gasteiger partial charge on any atom is 0.303 e. The van der Waals surface area contributed by atoms with E-state index in [1.54, 1.807) is 28.2 Å². The van der Waals surface area contributed by atoms with Gasteiger partial charge in [0.15, 0.2) is 3.95 Å². The molecule has 0 aliphatic carbocycles. The van der Waals surface area contributed by atoms with E-state index in [1.807, 2.05) is 17.5 Å². The van der Waals surface area contributed by atoms with Gasteiger partial charge in [0.1, 0.15) is 5.71 Å². The molecular formula is C15H13N3O3S3. The summed E-state index contributed by atoms with van der Waals surface area (Å²) in [6, 6.07) is 3.91. The quantitative estimate of drug-likeness (QED) is 0.748. The van der Waals surface area contributed by atoms with Gasteiger partial charge >= 0.3 is 5.97 Å². The lowest BCUT2D eigenvalue weighted by atomic mass is 10.1. The Kier molecular flexibility index (Phi) is 5.03. The van der Waals surface area contributed by atoms with Crippen molar-refractivity contribution in [2.75, 3.05) is 0 Å². The predicted octanol–water partition coefficient (Wildman–Crippen LogP) is 3.78. The molecule has 124 valence electrons. The lowest BCUT2D eigenvalue weighted by Gasteiger charge is -2.03. The molecule has 0 saturated heterocycles. The fourth-order valence-electron chi connectivity index (χ4n) is 2.21. The van der Waals surface area contributed by atoms with Crippen LogP contribution >= 0.6 is 34.9 Å². The molecule has 2 aromatic rings. The molecule has 3 rings (SSSR count). The molecule has 0 bridgehead atoms. The number of carboxylic acid groups (broad SMARTS) is 1. The first kappa shape index (κ1) is 16.7. The topological polar surface area (TPSA) is 87.2 Å². The van der Waals surface area contributed by atoms with E-state index in [0.29, 0.717) is 21.8 Å². The summed E-state index contributed by atoms with van der Waals surface area (Å²) in [5.74, 6) is -0.814. The third-order valence-corrected chi connectivity index (χ3v) is 5.60. The summed E-state index contributed by atoms with van der Waals surface area (Å²) in [6.07, 6.45) is 3.90. The van der Waals surface area contributed by atoms with Crippen molar-refractivity contribution in [2.45, 2.75) is 19.4 Å². The van der Waals surface area contributed by atoms with E-state index in [-0.39, 0.29) is 12.3 Å². The Morgan fingerprint density at radius 3 is 3.00 bits per heavy atom. The van der Waals surface area contributed by atoms with Crippen LogP contribution in [0.4, 0.5) is 0 Å². The summed E-state index contributed by atoms with van der Waals surface area (Å²) in [5.41, 5.74) is 1.57. The SMILES string of the molecule is O=C(O)CCCn1c(O)c(C=C2C=NN=C2c2cccs2)sc1=S. The van der Waals surface area contributed by atoms with Gasteiger partial charge in [-0.1, -0.05) is 6.07 Å². The normalized spacial score (nSPS) is 15.2. The molecule has 0 radical (unpaired) electrons. The number of aromatic hydroxyl groups is 1. The zero-order valence-electron chi connectivity index (χ0n) is 12.4. The molecule has 0 unspecified atom stereocenters. The highest BCUT2D eigenvalue weighted by molar-refractivity contribution is 7.73. The summed E-state index contributed by atoms with van der Waals surface area (Å²) >= 11 is 8.12. The number of carboxylic acids is 1. The molecule has 2 aromatic heterocycles. The van der Waals surface area contributed by atoms with Crippen LogP contribution < -0.4 is 0 Å². The van der Waals surface area contributed by atoms with Gasteiger partial charge in [-0.2, -0.15) is 5.10 Å². The van der Waals surface area contributed by atoms with Gasteiger partial charge in [0.25, 0.3) is 0 Å². The number of thiophene rings is 1. The Balaban J connectivity index is 1.85. The maximum absolute atomic E-state index is 10.6. The lowest BCUT2D eigenvalue weighted by Crippen LogP contribution is -2.02. The van der Waals surface area contributed by atoms with Crippen LogP contribution in [0.2, 0.25) is 0 Å². The van der Waals surface area contributed by atoms with Crippen molar-refractivity contribution in [3.05, 3.63) is 36.8 Å². The fourth-order valence-corrected chi connectivity index (χ4v) is 4.25. The first-order chi connectivity index (χ1) is 11.6. The molecule has 0 aromatic carbocycles. The molecule has 9 heteroatoms. The van der Waals surface area contributed by atoms with Gasteiger partial charge in [0.2, 0.25) is 5.88 Å². The number of allylic oxidation sites excluding steroid dienone is 1. The van der Waals surface area contributed by atoms with Crippen molar-refractivity contribution in [1.82, 2.24) is 4.57 Å². The highest BCUT2D eigenvalue weighted by Crippen LogP contribution is 2.30. The molecule has 0 fully saturated rings. The number of hydrogen-bond donors (Lipinski definition) is 2. The smallest absolute Gasteiger partial charge is 0.303 e. The molecule has 0 amide bonds. The number of rotatable bonds is 6. The van der Waals surface area contributed by atoms with E-state index in [4.69, 9.17) is 17.3 Å². The molecule has 3 heterocycles. The van der Waals surface area contributed by atoms with Gasteiger partial charge in [0, 0.05) is 18.5 Å². The third kappa shape index (κ3) is 3.53. The van der Waals surface area contributed by atoms with Crippen LogP contribution in [-0.4, -0.2) is 32.7 Å². The molecule has 2 N–H and O–H groups in total. The highest BCUT2D eigenvalue weighted by atomic mass is 32.1. The van der Waals surface area contributed by atoms with Crippen molar-refractivity contribution in [2.24, 2.45) is 10.2 Å². The largest absolute Gasteiger partial charge is 0.493 e. The van der Waals surface area contributed by atoms with E-state index < -0.39 is 5.97 Å². The van der Waals surface area contributed by atoms with E-state index in [0.717, 1.165) is 16.2 Å². The van der Waals surface area contributed by atoms with Crippen LogP contribution in [0.1, 0.15) is 22.6 Å². The summed E-state index contributed by atoms with van der Waals surface area (Å²) in [5, 5.41) is 29.2. The predicted molar refractivity (Wildman–Crippen MR) is 99.0 cm³/mol. The summed E-state index contributed by atoms with van der Waals surface area (Å²) in [6.45, 7) is 0.372. The lowest BCUT2D eigenvalue weighted by molar-refractivity contribution is -0.137. The van der Waals surface area contributed by atoms with Gasteiger partial charge in [0.05, 0.1) is 16.0 Å². The Labute approximate surface area is 150 Å². The van der Waals surface area contributed by atoms with Crippen molar-refractivity contribution < 1.29 is 15.0 Å². The number of thiazole rings is 1. The van der Waals surface area contributed by atoms with Crippen molar-refractivity contribution in [3.63, 3.8) is 0 Å². The minimum Gasteiger partial charge on any atom is -0.493 e. The molecule has 0 saturated carbocycles. The zero-order valence-corrected chi connectivity index (χ0v) is 14.8. The molecule has 0 atom stereocenters. The Bertz CT molecular complexity index is 904. The minimum absolute atomic E-state index is 0.0370. The number of nitrogens with zero attached hydrogens (tertiary/aromatic N) is 3. The Morgan fingerprint density at radius 1 is 1.46 bits per heavy atom. The number of carbonyl (C=O) groups is 1. The molecule has 6 nitrogen and oxygen atoms in total. The second-order valence-electron chi connectivity index (χ2n) is 4.97. The third-order valence-electron chi connectivity index (χ3n) is 3.34. The van der Waals surface area contributed by atoms with Crippen LogP contribution in [0.15, 0.2) is 33.3 Å². The molecule has 0 spiro atoms. The first-order valence-electron chi connectivity index (χ1n) is 7.07. The number of aliphatic carboxylic acids is 1. The summed E-state index contributed by atoms with van der Waals surface area (Å²) in [4.78, 5) is 12.2. The monoisotopic (exact) mass is 379 g/mol. The van der Waals surface area contributed by atoms with Crippen molar-refractivity contribution in [3.8, 4) is 5.88 Å². The van der Waals surface area contributed by atoms with E-state index >= 15 is 0 Å². The average Bonchev–Trinajstić information content (AvgIpc) is 3.24. The second kappa shape index (κ2) is 7.20. The van der Waals surface area contributed by atoms with E-state index in [1.165, 1.54) is 11.3 Å². The summed E-state index contributed by atoms with van der Waals surface area (Å²) < 4.78 is 2.07. The van der Waals surface area contributed by atoms with Gasteiger partial charge in [-0.25, -0.2) is 0 Å². The average molecular weight is 379 g/mol. The molecule has 24 heavy (non-hydrogen) atoms. The van der Waals surface area contributed by atoms with Crippen LogP contribution in [0.5, 0.6) is 5.88 Å². The van der Waals surface area contributed by atoms with Crippen molar-refractivity contribution >= 4 is 58.9 Å². The Hall–Kier alpha value is -2.10. The number of aromatic nitrogens is 1. The van der Waals surface area contributed by atoms with Gasteiger partial charge in [-0.05, 0) is 36.2 Å². The Morgan fingerprint density at radius 2 is 2.29 bits per heavy atom. The fraction of sp³-hybridized carbons (Fsp3) is 0.200. The second-order valence-corrected chi connectivity index (χ2v) is 7.60. The maximum atomic E-state index is 10.6. The highest BCUT2D eigenvalue weighted by Gasteiger charge is 2.17. The molecule has 1 aliphatic heterocycles. The molecular weight excluding hydrogens is 366 g/mol. The number of hydrogen-bond acceptors (Lipinski definition) is 7.